The Morgan fingerprint density at radius 3 is 2.74 bits per heavy atom. The van der Waals surface area contributed by atoms with Gasteiger partial charge in [0.05, 0.1) is 16.8 Å². The molecule has 0 fully saturated rings. The van der Waals surface area contributed by atoms with Crippen LogP contribution in [0.4, 0.5) is 0 Å². The standard InChI is InChI=1S/C33H29NO4S/c1-19(2)26-17-27-22(16-30(35)38-29(27)14-20(26)3)18-37-33(36)31-24-10-4-5-12-28(24)34-32-21(8-6-11-25(31)32)15-23-9-7-13-39-23/h4-5,7,9-10,12-17,19H,6,8,11,18H2,1-3H3. The fourth-order valence-corrected chi connectivity index (χ4v) is 6.28. The Morgan fingerprint density at radius 1 is 1.10 bits per heavy atom. The van der Waals surface area contributed by atoms with Crippen LogP contribution in [0.2, 0.25) is 0 Å². The summed E-state index contributed by atoms with van der Waals surface area (Å²) in [4.78, 5) is 32.3. The number of hydrogen-bond acceptors (Lipinski definition) is 6. The third kappa shape index (κ3) is 4.81. The molecule has 3 heterocycles. The summed E-state index contributed by atoms with van der Waals surface area (Å²) in [6.07, 6.45) is 4.79. The van der Waals surface area contributed by atoms with E-state index >= 15 is 0 Å². The van der Waals surface area contributed by atoms with E-state index in [2.05, 4.69) is 31.4 Å². The number of rotatable bonds is 5. The fraction of sp³-hybridized carbons (Fsp3) is 0.242. The molecule has 5 aromatic rings. The van der Waals surface area contributed by atoms with Gasteiger partial charge in [0.2, 0.25) is 0 Å². The van der Waals surface area contributed by atoms with Gasteiger partial charge in [-0.25, -0.2) is 14.6 Å². The maximum absolute atomic E-state index is 13.8. The molecule has 0 atom stereocenters. The Kier molecular flexibility index (Phi) is 6.65. The molecule has 1 aliphatic rings. The Bertz CT molecular complexity index is 1810. The predicted octanol–water partition coefficient (Wildman–Crippen LogP) is 8.07. The summed E-state index contributed by atoms with van der Waals surface area (Å²) >= 11 is 1.69. The van der Waals surface area contributed by atoms with E-state index in [1.807, 2.05) is 49.4 Å². The topological polar surface area (TPSA) is 69.4 Å². The molecule has 6 rings (SSSR count). The van der Waals surface area contributed by atoms with Crippen LogP contribution in [0.1, 0.15) is 75.8 Å². The van der Waals surface area contributed by atoms with E-state index in [9.17, 15) is 9.59 Å². The van der Waals surface area contributed by atoms with Gasteiger partial charge in [-0.2, -0.15) is 0 Å². The summed E-state index contributed by atoms with van der Waals surface area (Å²) in [6.45, 7) is 6.25. The van der Waals surface area contributed by atoms with Crippen molar-refractivity contribution in [3.63, 3.8) is 0 Å². The lowest BCUT2D eigenvalue weighted by Crippen LogP contribution is -2.16. The van der Waals surface area contributed by atoms with Crippen molar-refractivity contribution >= 4 is 50.8 Å². The molecule has 0 saturated heterocycles. The number of pyridine rings is 1. The van der Waals surface area contributed by atoms with Crippen LogP contribution in [-0.2, 0) is 17.8 Å². The lowest BCUT2D eigenvalue weighted by Gasteiger charge is -2.22. The van der Waals surface area contributed by atoms with Crippen molar-refractivity contribution in [2.45, 2.75) is 52.6 Å². The highest BCUT2D eigenvalue weighted by Crippen LogP contribution is 2.37. The summed E-state index contributed by atoms with van der Waals surface area (Å²) in [5.74, 6) is -0.0947. The molecule has 0 aliphatic heterocycles. The Balaban J connectivity index is 1.42. The molecule has 5 nitrogen and oxygen atoms in total. The SMILES string of the molecule is Cc1cc2oc(=O)cc(COC(=O)c3c4c(nc5ccccc35)C(=Cc3cccs3)CCC4)c2cc1C(C)C. The van der Waals surface area contributed by atoms with Gasteiger partial charge >= 0.3 is 11.6 Å². The average Bonchev–Trinajstić information content (AvgIpc) is 3.43. The minimum atomic E-state index is -0.458. The third-order valence-corrected chi connectivity index (χ3v) is 8.25. The van der Waals surface area contributed by atoms with Gasteiger partial charge in [-0.1, -0.05) is 38.1 Å². The molecule has 2 aromatic carbocycles. The number of esters is 1. The van der Waals surface area contributed by atoms with Gasteiger partial charge < -0.3 is 9.15 Å². The van der Waals surface area contributed by atoms with Crippen LogP contribution in [0.15, 0.2) is 69.2 Å². The zero-order valence-electron chi connectivity index (χ0n) is 22.2. The second kappa shape index (κ2) is 10.3. The van der Waals surface area contributed by atoms with Gasteiger partial charge in [-0.15, -0.1) is 11.3 Å². The summed E-state index contributed by atoms with van der Waals surface area (Å²) in [5.41, 5.74) is 7.21. The van der Waals surface area contributed by atoms with Crippen LogP contribution < -0.4 is 5.63 Å². The number of carbonyl (C=O) groups excluding carboxylic acids is 1. The number of para-hydroxylation sites is 1. The van der Waals surface area contributed by atoms with Gasteiger partial charge in [-0.3, -0.25) is 0 Å². The molecular formula is C33H29NO4S. The van der Waals surface area contributed by atoms with Crippen molar-refractivity contribution < 1.29 is 13.9 Å². The zero-order chi connectivity index (χ0) is 27.1. The molecule has 0 bridgehead atoms. The molecular weight excluding hydrogens is 506 g/mol. The molecule has 0 spiro atoms. The molecule has 0 N–H and O–H groups in total. The van der Waals surface area contributed by atoms with Gasteiger partial charge in [0.15, 0.2) is 0 Å². The predicted molar refractivity (Wildman–Crippen MR) is 157 cm³/mol. The van der Waals surface area contributed by atoms with Crippen LogP contribution in [0, 0.1) is 6.92 Å². The first-order valence-electron chi connectivity index (χ1n) is 13.3. The lowest BCUT2D eigenvalue weighted by molar-refractivity contribution is 0.0474. The molecule has 6 heteroatoms. The van der Waals surface area contributed by atoms with Gasteiger partial charge in [0.25, 0.3) is 0 Å². The van der Waals surface area contributed by atoms with Gasteiger partial charge in [0, 0.05) is 27.3 Å². The normalized spacial score (nSPS) is 14.3. The van der Waals surface area contributed by atoms with E-state index in [-0.39, 0.29) is 6.61 Å². The van der Waals surface area contributed by atoms with Gasteiger partial charge in [-0.05, 0) is 90.1 Å². The molecule has 196 valence electrons. The largest absolute Gasteiger partial charge is 0.457 e. The zero-order valence-corrected chi connectivity index (χ0v) is 23.1. The number of hydrogen-bond donors (Lipinski definition) is 0. The number of ether oxygens (including phenoxy) is 1. The van der Waals surface area contributed by atoms with E-state index in [1.165, 1.54) is 16.5 Å². The van der Waals surface area contributed by atoms with Crippen molar-refractivity contribution in [2.24, 2.45) is 0 Å². The van der Waals surface area contributed by atoms with Crippen molar-refractivity contribution in [2.75, 3.05) is 0 Å². The minimum absolute atomic E-state index is 0.0230. The number of benzene rings is 2. The second-order valence-corrected chi connectivity index (χ2v) is 11.4. The summed E-state index contributed by atoms with van der Waals surface area (Å²) in [6, 6.07) is 17.2. The lowest BCUT2D eigenvalue weighted by atomic mass is 9.86. The number of nitrogens with zero attached hydrogens (tertiary/aromatic N) is 1. The molecule has 3 aromatic heterocycles. The second-order valence-electron chi connectivity index (χ2n) is 10.4. The number of carbonyl (C=O) groups is 1. The highest BCUT2D eigenvalue weighted by molar-refractivity contribution is 7.10. The minimum Gasteiger partial charge on any atom is -0.457 e. The van der Waals surface area contributed by atoms with Crippen molar-refractivity contribution in [1.82, 2.24) is 4.98 Å². The monoisotopic (exact) mass is 535 g/mol. The van der Waals surface area contributed by atoms with E-state index in [0.29, 0.717) is 22.6 Å². The molecule has 1 aliphatic carbocycles. The maximum atomic E-state index is 13.8. The number of aromatic nitrogens is 1. The number of allylic oxidation sites excluding steroid dienone is 1. The van der Waals surface area contributed by atoms with Crippen LogP contribution in [0.25, 0.3) is 33.5 Å². The van der Waals surface area contributed by atoms with E-state index < -0.39 is 11.6 Å². The molecule has 0 saturated carbocycles. The third-order valence-electron chi connectivity index (χ3n) is 7.43. The molecule has 39 heavy (non-hydrogen) atoms. The first kappa shape index (κ1) is 25.3. The number of fused-ring (bicyclic) bond motifs is 3. The highest BCUT2D eigenvalue weighted by Gasteiger charge is 2.26. The summed E-state index contributed by atoms with van der Waals surface area (Å²) in [5, 5.41) is 3.64. The Hall–Kier alpha value is -4.03. The van der Waals surface area contributed by atoms with Crippen molar-refractivity contribution in [1.29, 1.82) is 0 Å². The number of aryl methyl sites for hydroxylation is 1. The van der Waals surface area contributed by atoms with E-state index in [1.54, 1.807) is 11.3 Å². The quantitative estimate of drug-likeness (QED) is 0.168. The smallest absolute Gasteiger partial charge is 0.339 e. The van der Waals surface area contributed by atoms with Gasteiger partial charge in [0.1, 0.15) is 12.2 Å². The first-order chi connectivity index (χ1) is 18.9. The van der Waals surface area contributed by atoms with E-state index in [0.717, 1.165) is 57.9 Å². The molecule has 0 unspecified atom stereocenters. The highest BCUT2D eigenvalue weighted by atomic mass is 32.1. The van der Waals surface area contributed by atoms with Crippen molar-refractivity contribution in [3.05, 3.63) is 109 Å². The summed E-state index contributed by atoms with van der Waals surface area (Å²) < 4.78 is 11.4. The maximum Gasteiger partial charge on any atom is 0.339 e. The Labute approximate surface area is 230 Å². The van der Waals surface area contributed by atoms with Crippen molar-refractivity contribution in [3.8, 4) is 0 Å². The van der Waals surface area contributed by atoms with E-state index in [4.69, 9.17) is 14.1 Å². The fourth-order valence-electron chi connectivity index (χ4n) is 5.60. The Morgan fingerprint density at radius 2 is 1.95 bits per heavy atom. The van der Waals surface area contributed by atoms with Crippen LogP contribution in [-0.4, -0.2) is 11.0 Å². The van der Waals surface area contributed by atoms with Crippen LogP contribution in [0.5, 0.6) is 0 Å². The average molecular weight is 536 g/mol. The van der Waals surface area contributed by atoms with Crippen LogP contribution in [0.3, 0.4) is 0 Å². The summed E-state index contributed by atoms with van der Waals surface area (Å²) in [7, 11) is 0. The molecule has 0 radical (unpaired) electrons. The molecule has 0 amide bonds. The number of thiophene rings is 1. The van der Waals surface area contributed by atoms with Crippen LogP contribution >= 0.6 is 11.3 Å². The first-order valence-corrected chi connectivity index (χ1v) is 14.2.